The molecule has 4 rings (SSSR count). The van der Waals surface area contributed by atoms with Gasteiger partial charge >= 0.3 is 0 Å². The minimum Gasteiger partial charge on any atom is -0.359 e. The summed E-state index contributed by atoms with van der Waals surface area (Å²) in [5.41, 5.74) is 6.68. The number of para-hydroxylation sites is 1. The molecular formula is C24H23N3O2. The number of carbonyl (C=O) groups is 2. The smallest absolute Gasteiger partial charge is 0.276 e. The fourth-order valence-corrected chi connectivity index (χ4v) is 3.43. The third-order valence-corrected chi connectivity index (χ3v) is 5.10. The largest absolute Gasteiger partial charge is 0.359 e. The van der Waals surface area contributed by atoms with Crippen LogP contribution >= 0.6 is 0 Å². The lowest BCUT2D eigenvalue weighted by atomic mass is 9.99. The first kappa shape index (κ1) is 18.7. The molecule has 2 N–H and O–H groups in total. The number of benzene rings is 3. The molecule has 2 amide bonds. The Labute approximate surface area is 170 Å². The topological polar surface area (TPSA) is 61.4 Å². The van der Waals surface area contributed by atoms with Gasteiger partial charge in [-0.1, -0.05) is 68.4 Å². The monoisotopic (exact) mass is 385 g/mol. The van der Waals surface area contributed by atoms with Crippen LogP contribution in [0.1, 0.15) is 57.8 Å². The number of amides is 2. The Morgan fingerprint density at radius 2 is 1.59 bits per heavy atom. The van der Waals surface area contributed by atoms with Gasteiger partial charge in [0.1, 0.15) is 6.17 Å². The molecule has 29 heavy (non-hydrogen) atoms. The van der Waals surface area contributed by atoms with Crippen molar-refractivity contribution in [3.63, 3.8) is 0 Å². The molecule has 0 aliphatic carbocycles. The molecule has 1 atom stereocenters. The summed E-state index contributed by atoms with van der Waals surface area (Å²) in [6.45, 7) is 4.28. The predicted molar refractivity (Wildman–Crippen MR) is 113 cm³/mol. The predicted octanol–water partition coefficient (Wildman–Crippen LogP) is 4.72. The zero-order valence-corrected chi connectivity index (χ0v) is 16.4. The van der Waals surface area contributed by atoms with Crippen molar-refractivity contribution < 1.29 is 9.59 Å². The maximum Gasteiger partial charge on any atom is 0.276 e. The average molecular weight is 385 g/mol. The zero-order chi connectivity index (χ0) is 20.4. The van der Waals surface area contributed by atoms with Crippen molar-refractivity contribution in [2.45, 2.75) is 25.9 Å². The summed E-state index contributed by atoms with van der Waals surface area (Å²) in [4.78, 5) is 26.0. The molecule has 1 unspecified atom stereocenters. The van der Waals surface area contributed by atoms with E-state index in [0.717, 1.165) is 11.3 Å². The molecule has 3 aromatic rings. The van der Waals surface area contributed by atoms with Crippen molar-refractivity contribution in [3.8, 4) is 0 Å². The van der Waals surface area contributed by atoms with Gasteiger partial charge in [-0.25, -0.2) is 5.01 Å². The number of hydrazine groups is 1. The number of anilines is 1. The van der Waals surface area contributed by atoms with E-state index in [2.05, 4.69) is 36.7 Å². The number of carbonyl (C=O) groups excluding carboxylic acids is 2. The summed E-state index contributed by atoms with van der Waals surface area (Å²) in [7, 11) is 0. The number of nitrogens with one attached hydrogen (secondary N) is 2. The zero-order valence-electron chi connectivity index (χ0n) is 16.4. The van der Waals surface area contributed by atoms with E-state index < -0.39 is 6.17 Å². The minimum atomic E-state index is -0.508. The number of hydrogen-bond acceptors (Lipinski definition) is 3. The molecule has 1 heterocycles. The normalized spacial score (nSPS) is 15.6. The van der Waals surface area contributed by atoms with Crippen LogP contribution in [0.4, 0.5) is 5.69 Å². The quantitative estimate of drug-likeness (QED) is 0.683. The van der Waals surface area contributed by atoms with Gasteiger partial charge in [-0.3, -0.25) is 15.0 Å². The molecule has 5 nitrogen and oxygen atoms in total. The van der Waals surface area contributed by atoms with Gasteiger partial charge in [0.25, 0.3) is 11.8 Å². The summed E-state index contributed by atoms with van der Waals surface area (Å²) in [5.74, 6) is -0.162. The minimum absolute atomic E-state index is 0.249. The second-order valence-electron chi connectivity index (χ2n) is 7.40. The maximum absolute atomic E-state index is 13.2. The molecule has 0 fully saturated rings. The van der Waals surface area contributed by atoms with Crippen LogP contribution in [0.25, 0.3) is 0 Å². The van der Waals surface area contributed by atoms with Crippen molar-refractivity contribution in [2.75, 3.05) is 5.32 Å². The molecule has 0 bridgehead atoms. The van der Waals surface area contributed by atoms with E-state index in [9.17, 15) is 9.59 Å². The highest BCUT2D eigenvalue weighted by Gasteiger charge is 2.34. The Balaban J connectivity index is 1.70. The third kappa shape index (κ3) is 3.72. The van der Waals surface area contributed by atoms with Crippen LogP contribution in [0.3, 0.4) is 0 Å². The van der Waals surface area contributed by atoms with Gasteiger partial charge in [-0.15, -0.1) is 0 Å². The van der Waals surface area contributed by atoms with Crippen molar-refractivity contribution >= 4 is 17.5 Å². The summed E-state index contributed by atoms with van der Waals surface area (Å²) in [6.07, 6.45) is -0.508. The summed E-state index contributed by atoms with van der Waals surface area (Å²) < 4.78 is 0. The molecule has 0 saturated heterocycles. The lowest BCUT2D eigenvalue weighted by molar-refractivity contribution is 0.0491. The molecule has 5 heteroatoms. The average Bonchev–Trinajstić information content (AvgIpc) is 2.76. The number of rotatable bonds is 4. The summed E-state index contributed by atoms with van der Waals surface area (Å²) in [5, 5.41) is 4.77. The van der Waals surface area contributed by atoms with Crippen LogP contribution < -0.4 is 10.7 Å². The number of fused-ring (bicyclic) bond motifs is 1. The second-order valence-corrected chi connectivity index (χ2v) is 7.40. The van der Waals surface area contributed by atoms with Crippen LogP contribution in [0, 0.1) is 0 Å². The molecule has 0 saturated carbocycles. The summed E-state index contributed by atoms with van der Waals surface area (Å²) in [6, 6.07) is 24.3. The third-order valence-electron chi connectivity index (χ3n) is 5.10. The molecular weight excluding hydrogens is 362 g/mol. The van der Waals surface area contributed by atoms with Crippen LogP contribution in [0.15, 0.2) is 78.9 Å². The van der Waals surface area contributed by atoms with E-state index in [1.54, 1.807) is 30.3 Å². The SMILES string of the molecule is CC(C)c1ccc(C2Nc3ccccc3C(=O)N2NC(=O)c2ccccc2)cc1. The Kier molecular flexibility index (Phi) is 5.04. The van der Waals surface area contributed by atoms with Gasteiger partial charge in [0.05, 0.1) is 5.56 Å². The molecule has 0 radical (unpaired) electrons. The molecule has 0 spiro atoms. The standard InChI is InChI=1S/C24H23N3O2/c1-16(2)17-12-14-18(15-13-17)22-25-21-11-7-6-10-20(21)24(29)27(22)26-23(28)19-8-4-3-5-9-19/h3-16,22,25H,1-2H3,(H,26,28). The van der Waals surface area contributed by atoms with E-state index >= 15 is 0 Å². The highest BCUT2D eigenvalue weighted by atomic mass is 16.2. The van der Waals surface area contributed by atoms with Crippen LogP contribution in [0.2, 0.25) is 0 Å². The lowest BCUT2D eigenvalue weighted by Crippen LogP contribution is -2.52. The van der Waals surface area contributed by atoms with E-state index in [-0.39, 0.29) is 11.8 Å². The Morgan fingerprint density at radius 3 is 2.28 bits per heavy atom. The first-order chi connectivity index (χ1) is 14.0. The first-order valence-electron chi connectivity index (χ1n) is 9.69. The van der Waals surface area contributed by atoms with E-state index in [4.69, 9.17) is 0 Å². The fraction of sp³-hybridized carbons (Fsp3) is 0.167. The van der Waals surface area contributed by atoms with Gasteiger partial charge in [0.2, 0.25) is 0 Å². The Morgan fingerprint density at radius 1 is 0.931 bits per heavy atom. The van der Waals surface area contributed by atoms with E-state index in [0.29, 0.717) is 17.0 Å². The van der Waals surface area contributed by atoms with Crippen LogP contribution in [-0.2, 0) is 0 Å². The maximum atomic E-state index is 13.2. The van der Waals surface area contributed by atoms with Crippen molar-refractivity contribution in [2.24, 2.45) is 0 Å². The molecule has 3 aromatic carbocycles. The highest BCUT2D eigenvalue weighted by Crippen LogP contribution is 2.32. The molecule has 146 valence electrons. The van der Waals surface area contributed by atoms with Gasteiger partial charge in [-0.2, -0.15) is 0 Å². The van der Waals surface area contributed by atoms with E-state index in [1.165, 1.54) is 10.6 Å². The van der Waals surface area contributed by atoms with Crippen LogP contribution in [-0.4, -0.2) is 16.8 Å². The van der Waals surface area contributed by atoms with Gasteiger partial charge in [0.15, 0.2) is 0 Å². The number of nitrogens with zero attached hydrogens (tertiary/aromatic N) is 1. The lowest BCUT2D eigenvalue weighted by Gasteiger charge is -2.37. The van der Waals surface area contributed by atoms with Crippen molar-refractivity contribution in [1.29, 1.82) is 0 Å². The molecule has 1 aliphatic heterocycles. The van der Waals surface area contributed by atoms with Gasteiger partial charge in [-0.05, 0) is 41.3 Å². The van der Waals surface area contributed by atoms with Gasteiger partial charge in [0, 0.05) is 11.3 Å². The van der Waals surface area contributed by atoms with Crippen molar-refractivity contribution in [3.05, 3.63) is 101 Å². The second kappa shape index (κ2) is 7.80. The number of hydrogen-bond donors (Lipinski definition) is 2. The fourth-order valence-electron chi connectivity index (χ4n) is 3.43. The van der Waals surface area contributed by atoms with Crippen LogP contribution in [0.5, 0.6) is 0 Å². The van der Waals surface area contributed by atoms with Crippen molar-refractivity contribution in [1.82, 2.24) is 10.4 Å². The molecule has 0 aromatic heterocycles. The summed E-state index contributed by atoms with van der Waals surface area (Å²) >= 11 is 0. The highest BCUT2D eigenvalue weighted by molar-refractivity contribution is 6.03. The molecule has 1 aliphatic rings. The van der Waals surface area contributed by atoms with Gasteiger partial charge < -0.3 is 5.32 Å². The Bertz CT molecular complexity index is 1030. The first-order valence-corrected chi connectivity index (χ1v) is 9.69. The Hall–Kier alpha value is -3.60. The van der Waals surface area contributed by atoms with E-state index in [1.807, 2.05) is 36.4 Å².